The Bertz CT molecular complexity index is 769. The second-order valence-corrected chi connectivity index (χ2v) is 3.58. The van der Waals surface area contributed by atoms with E-state index < -0.39 is 11.4 Å². The van der Waals surface area contributed by atoms with Crippen LogP contribution >= 0.6 is 0 Å². The van der Waals surface area contributed by atoms with E-state index in [1.54, 1.807) is 30.5 Å². The predicted molar refractivity (Wildman–Crippen MR) is 62.3 cm³/mol. The van der Waals surface area contributed by atoms with E-state index in [-0.39, 0.29) is 0 Å². The second-order valence-electron chi connectivity index (χ2n) is 3.58. The smallest absolute Gasteiger partial charge is 0.256 e. The number of hydrogen-bond donors (Lipinski definition) is 2. The zero-order valence-corrected chi connectivity index (χ0v) is 8.68. The summed E-state index contributed by atoms with van der Waals surface area (Å²) in [4.78, 5) is 27.0. The largest absolute Gasteiger partial charge is 0.348 e. The summed E-state index contributed by atoms with van der Waals surface area (Å²) in [7, 11) is 0. The molecule has 2 heterocycles. The first kappa shape index (κ1) is 9.59. The van der Waals surface area contributed by atoms with Crippen molar-refractivity contribution in [3.63, 3.8) is 0 Å². The molecular formula is C11H8N4O2. The first-order valence-corrected chi connectivity index (χ1v) is 5.00. The van der Waals surface area contributed by atoms with Crippen molar-refractivity contribution >= 4 is 10.9 Å². The van der Waals surface area contributed by atoms with Crippen molar-refractivity contribution in [1.82, 2.24) is 19.7 Å². The minimum Gasteiger partial charge on any atom is -0.256 e. The van der Waals surface area contributed by atoms with Crippen LogP contribution in [0, 0.1) is 0 Å². The van der Waals surface area contributed by atoms with Crippen LogP contribution in [0.3, 0.4) is 0 Å². The van der Waals surface area contributed by atoms with Gasteiger partial charge in [0.1, 0.15) is 0 Å². The maximum absolute atomic E-state index is 11.4. The van der Waals surface area contributed by atoms with Crippen molar-refractivity contribution in [2.24, 2.45) is 0 Å². The van der Waals surface area contributed by atoms with Crippen LogP contribution < -0.4 is 11.4 Å². The maximum atomic E-state index is 11.4. The van der Waals surface area contributed by atoms with Gasteiger partial charge in [0.15, 0.2) is 0 Å². The average Bonchev–Trinajstić information content (AvgIpc) is 2.68. The maximum Gasteiger partial charge on any atom is 0.348 e. The number of benzene rings is 1. The highest BCUT2D eigenvalue weighted by molar-refractivity contribution is 5.80. The Kier molecular flexibility index (Phi) is 1.94. The molecule has 0 amide bonds. The van der Waals surface area contributed by atoms with Crippen LogP contribution in [-0.2, 0) is 0 Å². The highest BCUT2D eigenvalue weighted by atomic mass is 16.2. The predicted octanol–water partition coefficient (Wildman–Crippen LogP) is 0.402. The molecule has 0 spiro atoms. The van der Waals surface area contributed by atoms with Crippen LogP contribution in [0.15, 0.2) is 46.1 Å². The van der Waals surface area contributed by atoms with Gasteiger partial charge in [0.05, 0.1) is 11.2 Å². The van der Waals surface area contributed by atoms with Crippen molar-refractivity contribution in [2.75, 3.05) is 0 Å². The number of pyridine rings is 1. The fourth-order valence-electron chi connectivity index (χ4n) is 1.75. The Morgan fingerprint density at radius 3 is 2.59 bits per heavy atom. The van der Waals surface area contributed by atoms with Gasteiger partial charge in [-0.2, -0.15) is 0 Å². The number of rotatable bonds is 1. The van der Waals surface area contributed by atoms with Gasteiger partial charge in [-0.25, -0.2) is 24.4 Å². The van der Waals surface area contributed by atoms with Crippen molar-refractivity contribution in [1.29, 1.82) is 0 Å². The van der Waals surface area contributed by atoms with Gasteiger partial charge in [0, 0.05) is 11.6 Å². The molecule has 0 fully saturated rings. The van der Waals surface area contributed by atoms with Gasteiger partial charge >= 0.3 is 11.4 Å². The molecule has 2 aromatic heterocycles. The van der Waals surface area contributed by atoms with Crippen LogP contribution in [0.25, 0.3) is 16.6 Å². The summed E-state index contributed by atoms with van der Waals surface area (Å²) < 4.78 is 1.03. The number of aromatic amines is 2. The highest BCUT2D eigenvalue weighted by Gasteiger charge is 2.06. The summed E-state index contributed by atoms with van der Waals surface area (Å²) in [5, 5.41) is 5.35. The average molecular weight is 228 g/mol. The Hall–Kier alpha value is -2.63. The third kappa shape index (κ3) is 1.46. The number of aromatic nitrogens is 4. The number of nitrogens with one attached hydrogen (secondary N) is 2. The van der Waals surface area contributed by atoms with Crippen LogP contribution in [-0.4, -0.2) is 19.7 Å². The van der Waals surface area contributed by atoms with Crippen molar-refractivity contribution in [3.8, 4) is 5.69 Å². The van der Waals surface area contributed by atoms with E-state index in [0.29, 0.717) is 5.69 Å². The van der Waals surface area contributed by atoms with Crippen LogP contribution in [0.5, 0.6) is 0 Å². The van der Waals surface area contributed by atoms with Gasteiger partial charge in [0.2, 0.25) is 0 Å². The zero-order chi connectivity index (χ0) is 11.8. The summed E-state index contributed by atoms with van der Waals surface area (Å²) in [5.41, 5.74) is 0.353. The van der Waals surface area contributed by atoms with E-state index in [4.69, 9.17) is 0 Å². The van der Waals surface area contributed by atoms with Gasteiger partial charge in [-0.3, -0.25) is 4.98 Å². The summed E-state index contributed by atoms with van der Waals surface area (Å²) in [6.45, 7) is 0. The Morgan fingerprint density at radius 2 is 1.82 bits per heavy atom. The molecule has 1 aromatic carbocycles. The SMILES string of the molecule is O=c1[nH][nH]c(=O)n1-c1ccc2ncccc2c1. The molecule has 0 aliphatic rings. The standard InChI is InChI=1S/C11H8N4O2/c16-10-13-14-11(17)15(10)8-3-4-9-7(6-8)2-1-5-12-9/h1-6H,(H,13,16)(H,14,17). The van der Waals surface area contributed by atoms with E-state index in [1.165, 1.54) is 0 Å². The van der Waals surface area contributed by atoms with Crippen LogP contribution in [0.2, 0.25) is 0 Å². The molecule has 0 atom stereocenters. The molecular weight excluding hydrogens is 220 g/mol. The molecule has 6 heteroatoms. The molecule has 3 rings (SSSR count). The lowest BCUT2D eigenvalue weighted by atomic mass is 10.2. The van der Waals surface area contributed by atoms with Gasteiger partial charge in [0.25, 0.3) is 0 Å². The Morgan fingerprint density at radius 1 is 1.06 bits per heavy atom. The fourth-order valence-corrected chi connectivity index (χ4v) is 1.75. The summed E-state index contributed by atoms with van der Waals surface area (Å²) in [5.74, 6) is 0. The zero-order valence-electron chi connectivity index (χ0n) is 8.68. The molecule has 0 bridgehead atoms. The first-order chi connectivity index (χ1) is 8.25. The number of hydrogen-bond acceptors (Lipinski definition) is 3. The van der Waals surface area contributed by atoms with Gasteiger partial charge in [-0.05, 0) is 24.3 Å². The molecule has 0 aliphatic carbocycles. The highest BCUT2D eigenvalue weighted by Crippen LogP contribution is 2.14. The van der Waals surface area contributed by atoms with E-state index in [2.05, 4.69) is 15.2 Å². The molecule has 0 saturated carbocycles. The molecule has 0 saturated heterocycles. The molecule has 17 heavy (non-hydrogen) atoms. The third-order valence-electron chi connectivity index (χ3n) is 2.53. The monoisotopic (exact) mass is 228 g/mol. The van der Waals surface area contributed by atoms with Crippen LogP contribution in [0.1, 0.15) is 0 Å². The quantitative estimate of drug-likeness (QED) is 0.632. The van der Waals surface area contributed by atoms with Gasteiger partial charge in [-0.15, -0.1) is 0 Å². The third-order valence-corrected chi connectivity index (χ3v) is 2.53. The van der Waals surface area contributed by atoms with Crippen molar-refractivity contribution in [3.05, 3.63) is 57.5 Å². The van der Waals surface area contributed by atoms with E-state index in [0.717, 1.165) is 15.5 Å². The number of fused-ring (bicyclic) bond motifs is 1. The summed E-state index contributed by atoms with van der Waals surface area (Å²) in [6.07, 6.45) is 1.69. The number of H-pyrrole nitrogens is 2. The second kappa shape index (κ2) is 3.44. The normalized spacial score (nSPS) is 10.8. The van der Waals surface area contributed by atoms with E-state index in [9.17, 15) is 9.59 Å². The van der Waals surface area contributed by atoms with E-state index in [1.807, 2.05) is 6.07 Å². The first-order valence-electron chi connectivity index (χ1n) is 5.00. The number of nitrogens with zero attached hydrogens (tertiary/aromatic N) is 2. The molecule has 0 aliphatic heterocycles. The minimum absolute atomic E-state index is 0.488. The van der Waals surface area contributed by atoms with Gasteiger partial charge in [-0.1, -0.05) is 6.07 Å². The summed E-state index contributed by atoms with van der Waals surface area (Å²) >= 11 is 0. The lowest BCUT2D eigenvalue weighted by Gasteiger charge is -2.01. The lowest BCUT2D eigenvalue weighted by molar-refractivity contribution is 0.954. The molecule has 3 aromatic rings. The Labute approximate surface area is 94.5 Å². The van der Waals surface area contributed by atoms with E-state index >= 15 is 0 Å². The summed E-state index contributed by atoms with van der Waals surface area (Å²) in [6, 6.07) is 8.87. The Balaban J connectivity index is 2.32. The molecule has 0 radical (unpaired) electrons. The van der Waals surface area contributed by atoms with Gasteiger partial charge < -0.3 is 0 Å². The van der Waals surface area contributed by atoms with Crippen molar-refractivity contribution < 1.29 is 0 Å². The lowest BCUT2D eigenvalue weighted by Crippen LogP contribution is -2.24. The minimum atomic E-state index is -0.488. The fraction of sp³-hybridized carbons (Fsp3) is 0. The molecule has 0 unspecified atom stereocenters. The molecule has 6 nitrogen and oxygen atoms in total. The topological polar surface area (TPSA) is 83.5 Å². The molecule has 84 valence electrons. The van der Waals surface area contributed by atoms with Crippen molar-refractivity contribution in [2.45, 2.75) is 0 Å². The van der Waals surface area contributed by atoms with Crippen LogP contribution in [0.4, 0.5) is 0 Å². The molecule has 2 N–H and O–H groups in total.